The molecule has 0 saturated carbocycles. The summed E-state index contributed by atoms with van der Waals surface area (Å²) in [6.07, 6.45) is -1.31. The minimum Gasteiger partial charge on any atom is -0.327 e. The molecule has 0 spiro atoms. The SMILES string of the molecule is Cl.Cn1cc(S(=O)(=O)CCc2ccc3c(c2)C(Cc2ccccc2)C(N)CC3)c(C(F)(F)F)n1. The smallest absolute Gasteiger partial charge is 0.327 e. The second kappa shape index (κ2) is 10.1. The van der Waals surface area contributed by atoms with Crippen molar-refractivity contribution in [2.75, 3.05) is 5.75 Å². The topological polar surface area (TPSA) is 78.0 Å². The number of hydrogen-bond donors (Lipinski definition) is 1. The van der Waals surface area contributed by atoms with Crippen molar-refractivity contribution in [2.45, 2.75) is 48.7 Å². The summed E-state index contributed by atoms with van der Waals surface area (Å²) in [7, 11) is -2.90. The Labute approximate surface area is 203 Å². The van der Waals surface area contributed by atoms with E-state index in [2.05, 4.69) is 17.2 Å². The summed E-state index contributed by atoms with van der Waals surface area (Å²) >= 11 is 0. The number of halogens is 4. The zero-order chi connectivity index (χ0) is 23.8. The molecule has 184 valence electrons. The Balaban J connectivity index is 0.00000324. The van der Waals surface area contributed by atoms with Crippen LogP contribution in [0, 0.1) is 0 Å². The summed E-state index contributed by atoms with van der Waals surface area (Å²) < 4.78 is 66.1. The number of benzene rings is 2. The number of alkyl halides is 3. The third-order valence-electron chi connectivity index (χ3n) is 6.23. The van der Waals surface area contributed by atoms with Gasteiger partial charge in [0.1, 0.15) is 4.90 Å². The van der Waals surface area contributed by atoms with Crippen LogP contribution in [0.25, 0.3) is 0 Å². The van der Waals surface area contributed by atoms with Gasteiger partial charge < -0.3 is 5.73 Å². The largest absolute Gasteiger partial charge is 0.436 e. The summed E-state index contributed by atoms with van der Waals surface area (Å²) in [5, 5.41) is 3.32. The number of nitrogens with two attached hydrogens (primary N) is 1. The van der Waals surface area contributed by atoms with Crippen molar-refractivity contribution >= 4 is 22.2 Å². The first-order chi connectivity index (χ1) is 15.5. The van der Waals surface area contributed by atoms with Crippen LogP contribution in [-0.4, -0.2) is 30.0 Å². The minimum absolute atomic E-state index is 0. The summed E-state index contributed by atoms with van der Waals surface area (Å²) in [6, 6.07) is 15.9. The van der Waals surface area contributed by atoms with Gasteiger partial charge in [-0.25, -0.2) is 8.42 Å². The van der Waals surface area contributed by atoms with Crippen LogP contribution < -0.4 is 5.73 Å². The van der Waals surface area contributed by atoms with Crippen molar-refractivity contribution in [3.8, 4) is 0 Å². The van der Waals surface area contributed by atoms with Crippen LogP contribution in [-0.2, 0) is 42.3 Å². The lowest BCUT2D eigenvalue weighted by atomic mass is 9.76. The van der Waals surface area contributed by atoms with E-state index < -0.39 is 32.4 Å². The first-order valence-corrected chi connectivity index (χ1v) is 12.4. The molecule has 2 aromatic carbocycles. The molecular formula is C24H27ClF3N3O2S. The highest BCUT2D eigenvalue weighted by Crippen LogP contribution is 2.35. The molecular weight excluding hydrogens is 487 g/mol. The molecule has 3 aromatic rings. The van der Waals surface area contributed by atoms with E-state index in [0.29, 0.717) is 0 Å². The first kappa shape index (κ1) is 26.2. The minimum atomic E-state index is -4.84. The Morgan fingerprint density at radius 1 is 1.12 bits per heavy atom. The van der Waals surface area contributed by atoms with Gasteiger partial charge in [0.25, 0.3) is 0 Å². The second-order valence-electron chi connectivity index (χ2n) is 8.61. The van der Waals surface area contributed by atoms with Crippen molar-refractivity contribution in [1.29, 1.82) is 0 Å². The van der Waals surface area contributed by atoms with Crippen molar-refractivity contribution in [3.05, 3.63) is 82.7 Å². The van der Waals surface area contributed by atoms with Gasteiger partial charge in [-0.2, -0.15) is 18.3 Å². The Bertz CT molecular complexity index is 1240. The summed E-state index contributed by atoms with van der Waals surface area (Å²) in [4.78, 5) is -0.778. The highest BCUT2D eigenvalue weighted by atomic mass is 35.5. The normalized spacial score (nSPS) is 18.3. The van der Waals surface area contributed by atoms with Crippen molar-refractivity contribution in [1.82, 2.24) is 9.78 Å². The Morgan fingerprint density at radius 2 is 1.82 bits per heavy atom. The van der Waals surface area contributed by atoms with Crippen LogP contribution in [0.5, 0.6) is 0 Å². The molecule has 0 radical (unpaired) electrons. The van der Waals surface area contributed by atoms with Crippen molar-refractivity contribution in [3.63, 3.8) is 0 Å². The molecule has 2 unspecified atom stereocenters. The van der Waals surface area contributed by atoms with E-state index in [0.717, 1.165) is 41.3 Å². The van der Waals surface area contributed by atoms with Crippen LogP contribution in [0.1, 0.15) is 40.3 Å². The van der Waals surface area contributed by atoms with E-state index >= 15 is 0 Å². The quantitative estimate of drug-likeness (QED) is 0.527. The van der Waals surface area contributed by atoms with Gasteiger partial charge in [0.2, 0.25) is 0 Å². The highest BCUT2D eigenvalue weighted by Gasteiger charge is 2.40. The third kappa shape index (κ3) is 5.64. The van der Waals surface area contributed by atoms with E-state index in [-0.39, 0.29) is 30.8 Å². The third-order valence-corrected chi connectivity index (χ3v) is 7.94. The number of hydrogen-bond acceptors (Lipinski definition) is 4. The van der Waals surface area contributed by atoms with Gasteiger partial charge in [-0.3, -0.25) is 4.68 Å². The summed E-state index contributed by atoms with van der Waals surface area (Å²) in [5.74, 6) is -0.335. The van der Waals surface area contributed by atoms with Crippen LogP contribution in [0.3, 0.4) is 0 Å². The number of nitrogens with zero attached hydrogens (tertiary/aromatic N) is 2. The van der Waals surface area contributed by atoms with Crippen LogP contribution in [0.15, 0.2) is 59.6 Å². The zero-order valence-corrected chi connectivity index (χ0v) is 20.3. The van der Waals surface area contributed by atoms with Gasteiger partial charge in [-0.05, 0) is 47.9 Å². The predicted molar refractivity (Wildman–Crippen MR) is 127 cm³/mol. The predicted octanol–water partition coefficient (Wildman–Crippen LogP) is 4.48. The number of fused-ring (bicyclic) bond motifs is 1. The molecule has 10 heteroatoms. The standard InChI is InChI=1S/C24H26F3N3O2S.ClH/c1-30-15-22(23(29-30)24(25,26)27)33(31,32)12-11-17-7-8-18-9-10-21(28)20(19(18)13-17)14-16-5-3-2-4-6-16;/h2-8,13,15,20-21H,9-12,14,28H2,1H3;1H. The lowest BCUT2D eigenvalue weighted by molar-refractivity contribution is -0.143. The fourth-order valence-electron chi connectivity index (χ4n) is 4.51. The zero-order valence-electron chi connectivity index (χ0n) is 18.6. The average Bonchev–Trinajstić information content (AvgIpc) is 3.18. The maximum Gasteiger partial charge on any atom is 0.436 e. The molecule has 0 bridgehead atoms. The Hall–Kier alpha value is -2.36. The Morgan fingerprint density at radius 3 is 2.50 bits per heavy atom. The van der Waals surface area contributed by atoms with E-state index in [9.17, 15) is 21.6 Å². The number of rotatable bonds is 6. The second-order valence-corrected chi connectivity index (χ2v) is 10.7. The first-order valence-electron chi connectivity index (χ1n) is 10.8. The van der Waals surface area contributed by atoms with E-state index in [1.165, 1.54) is 18.2 Å². The maximum absolute atomic E-state index is 13.3. The fraction of sp³-hybridized carbons (Fsp3) is 0.375. The lowest BCUT2D eigenvalue weighted by Gasteiger charge is -2.32. The molecule has 0 aliphatic heterocycles. The van der Waals surface area contributed by atoms with Crippen LogP contribution >= 0.6 is 12.4 Å². The molecule has 1 heterocycles. The average molecular weight is 514 g/mol. The monoisotopic (exact) mass is 513 g/mol. The van der Waals surface area contributed by atoms with Gasteiger partial charge in [0, 0.05) is 25.2 Å². The fourth-order valence-corrected chi connectivity index (χ4v) is 6.00. The molecule has 0 saturated heterocycles. The molecule has 34 heavy (non-hydrogen) atoms. The van der Waals surface area contributed by atoms with E-state index in [1.54, 1.807) is 0 Å². The summed E-state index contributed by atoms with van der Waals surface area (Å²) in [6.45, 7) is 0. The molecule has 1 aromatic heterocycles. The van der Waals surface area contributed by atoms with Crippen LogP contribution in [0.2, 0.25) is 0 Å². The molecule has 2 N–H and O–H groups in total. The van der Waals surface area contributed by atoms with Gasteiger partial charge in [0.15, 0.2) is 15.5 Å². The van der Waals surface area contributed by atoms with Gasteiger partial charge in [-0.1, -0.05) is 48.5 Å². The van der Waals surface area contributed by atoms with Crippen LogP contribution in [0.4, 0.5) is 13.2 Å². The van der Waals surface area contributed by atoms with E-state index in [4.69, 9.17) is 5.73 Å². The van der Waals surface area contributed by atoms with Gasteiger partial charge in [-0.15, -0.1) is 12.4 Å². The number of sulfone groups is 1. The Kier molecular flexibility index (Phi) is 7.79. The molecule has 0 fully saturated rings. The summed E-state index contributed by atoms with van der Waals surface area (Å²) in [5.41, 5.74) is 9.32. The molecule has 5 nitrogen and oxygen atoms in total. The van der Waals surface area contributed by atoms with Crippen molar-refractivity contribution < 1.29 is 21.6 Å². The number of aryl methyl sites for hydroxylation is 3. The molecule has 2 atom stereocenters. The molecule has 1 aliphatic carbocycles. The highest BCUT2D eigenvalue weighted by molar-refractivity contribution is 7.91. The van der Waals surface area contributed by atoms with Crippen molar-refractivity contribution in [2.24, 2.45) is 12.8 Å². The molecule has 4 rings (SSSR count). The molecule has 0 amide bonds. The number of aromatic nitrogens is 2. The lowest BCUT2D eigenvalue weighted by Crippen LogP contribution is -2.34. The van der Waals surface area contributed by atoms with Gasteiger partial charge in [0.05, 0.1) is 5.75 Å². The van der Waals surface area contributed by atoms with E-state index in [1.807, 2.05) is 36.4 Å². The van der Waals surface area contributed by atoms with Gasteiger partial charge >= 0.3 is 6.18 Å². The maximum atomic E-state index is 13.3. The molecule has 1 aliphatic rings.